The van der Waals surface area contributed by atoms with Gasteiger partial charge in [-0.15, -0.1) is 11.3 Å². The maximum absolute atomic E-state index is 10.2. The monoisotopic (exact) mass is 406 g/mol. The summed E-state index contributed by atoms with van der Waals surface area (Å²) >= 11 is 1.74. The largest absolute Gasteiger partial charge is 0.393 e. The average molecular weight is 407 g/mol. The zero-order chi connectivity index (χ0) is 20.4. The van der Waals surface area contributed by atoms with Gasteiger partial charge in [0.25, 0.3) is 0 Å². The van der Waals surface area contributed by atoms with Crippen molar-refractivity contribution < 1.29 is 9.84 Å². The third-order valence-corrected chi connectivity index (χ3v) is 6.48. The Morgan fingerprint density at radius 2 is 2.18 bits per heavy atom. The van der Waals surface area contributed by atoms with Crippen molar-refractivity contribution in [3.63, 3.8) is 0 Å². The van der Waals surface area contributed by atoms with Gasteiger partial charge in [0, 0.05) is 34.2 Å². The first-order chi connectivity index (χ1) is 13.5. The van der Waals surface area contributed by atoms with E-state index in [0.717, 1.165) is 50.9 Å². The molecule has 0 amide bonds. The van der Waals surface area contributed by atoms with Crippen molar-refractivity contribution in [3.05, 3.63) is 40.7 Å². The molecule has 4 nitrogen and oxygen atoms in total. The second-order valence-electron chi connectivity index (χ2n) is 7.68. The highest BCUT2D eigenvalue weighted by Crippen LogP contribution is 2.28. The Bertz CT molecular complexity index is 613. The summed E-state index contributed by atoms with van der Waals surface area (Å²) in [6.45, 7) is 15.7. The maximum atomic E-state index is 10.2. The van der Waals surface area contributed by atoms with E-state index < -0.39 is 0 Å². The van der Waals surface area contributed by atoms with Crippen LogP contribution in [0.4, 0.5) is 0 Å². The summed E-state index contributed by atoms with van der Waals surface area (Å²) in [5, 5.41) is 13.5. The van der Waals surface area contributed by atoms with Crippen LogP contribution in [-0.2, 0) is 11.3 Å². The number of thiophene rings is 1. The minimum Gasteiger partial charge on any atom is -0.393 e. The number of aliphatic hydroxyl groups excluding tert-OH is 1. The van der Waals surface area contributed by atoms with Crippen molar-refractivity contribution in [2.24, 2.45) is 0 Å². The highest BCUT2D eigenvalue weighted by Gasteiger charge is 2.27. The lowest BCUT2D eigenvalue weighted by Gasteiger charge is -2.28. The molecule has 28 heavy (non-hydrogen) atoms. The fraction of sp³-hybridized carbons (Fsp3) is 0.652. The molecule has 1 fully saturated rings. The Hall–Kier alpha value is -1.30. The normalized spacial score (nSPS) is 17.9. The van der Waals surface area contributed by atoms with Crippen molar-refractivity contribution in [2.75, 3.05) is 19.7 Å². The minimum atomic E-state index is -0.198. The lowest BCUT2D eigenvalue weighted by molar-refractivity contribution is 0.0667. The van der Waals surface area contributed by atoms with Gasteiger partial charge in [-0.2, -0.15) is 0 Å². The van der Waals surface area contributed by atoms with E-state index in [1.54, 1.807) is 11.3 Å². The fourth-order valence-electron chi connectivity index (χ4n) is 3.68. The highest BCUT2D eigenvalue weighted by molar-refractivity contribution is 7.13. The van der Waals surface area contributed by atoms with Crippen LogP contribution >= 0.6 is 11.3 Å². The van der Waals surface area contributed by atoms with Crippen molar-refractivity contribution in [1.82, 2.24) is 10.2 Å². The summed E-state index contributed by atoms with van der Waals surface area (Å²) < 4.78 is 6.04. The molecule has 0 saturated carbocycles. The molecule has 1 aromatic rings. The molecule has 2 N–H and O–H groups in total. The van der Waals surface area contributed by atoms with E-state index in [-0.39, 0.29) is 6.10 Å². The van der Waals surface area contributed by atoms with Crippen LogP contribution in [-0.4, -0.2) is 41.8 Å². The van der Waals surface area contributed by atoms with Crippen LogP contribution in [0, 0.1) is 0 Å². The third kappa shape index (κ3) is 7.26. The first-order valence-electron chi connectivity index (χ1n) is 10.8. The van der Waals surface area contributed by atoms with E-state index in [4.69, 9.17) is 4.74 Å². The van der Waals surface area contributed by atoms with Crippen LogP contribution in [0.2, 0.25) is 0 Å². The molecule has 158 valence electrons. The topological polar surface area (TPSA) is 44.7 Å². The first kappa shape index (κ1) is 23.0. The van der Waals surface area contributed by atoms with E-state index in [0.29, 0.717) is 19.3 Å². The maximum Gasteiger partial charge on any atom is 0.0810 e. The Labute approximate surface area is 175 Å². The number of hydrogen-bond acceptors (Lipinski definition) is 5. The number of unbranched alkanes of at least 4 members (excludes halogenated alkanes) is 2. The molecule has 1 aromatic heterocycles. The number of ether oxygens (including phenoxy) is 1. The van der Waals surface area contributed by atoms with Gasteiger partial charge in [0.2, 0.25) is 0 Å². The molecule has 1 aliphatic rings. The van der Waals surface area contributed by atoms with Gasteiger partial charge in [0.15, 0.2) is 0 Å². The van der Waals surface area contributed by atoms with Crippen LogP contribution in [0.3, 0.4) is 0 Å². The van der Waals surface area contributed by atoms with Gasteiger partial charge >= 0.3 is 0 Å². The summed E-state index contributed by atoms with van der Waals surface area (Å²) in [6.07, 6.45) is 7.18. The van der Waals surface area contributed by atoms with Crippen molar-refractivity contribution in [3.8, 4) is 0 Å². The number of nitrogens with zero attached hydrogens (tertiary/aromatic N) is 1. The number of nitrogens with one attached hydrogen (secondary N) is 1. The molecule has 0 unspecified atom stereocenters. The van der Waals surface area contributed by atoms with Crippen molar-refractivity contribution in [2.45, 2.75) is 77.5 Å². The second kappa shape index (κ2) is 12.3. The number of hydrogen-bond donors (Lipinski definition) is 2. The minimum absolute atomic E-state index is 0.198. The molecule has 1 aliphatic heterocycles. The average Bonchev–Trinajstić information content (AvgIpc) is 3.28. The van der Waals surface area contributed by atoms with Gasteiger partial charge in [-0.05, 0) is 44.7 Å². The molecule has 0 radical (unpaired) electrons. The summed E-state index contributed by atoms with van der Waals surface area (Å²) in [6, 6.07) is 4.62. The lowest BCUT2D eigenvalue weighted by Crippen LogP contribution is -2.34. The van der Waals surface area contributed by atoms with Crippen LogP contribution in [0.1, 0.15) is 68.5 Å². The van der Waals surface area contributed by atoms with Crippen molar-refractivity contribution in [1.29, 1.82) is 0 Å². The lowest BCUT2D eigenvalue weighted by atomic mass is 10.1. The van der Waals surface area contributed by atoms with E-state index in [1.165, 1.54) is 28.3 Å². The standard InChI is InChI=1S/C23H38N2O2S/c1-5-7-8-9-21(26)14-15-25-18(3)10-11-20(25)16-27-17-22-12-13-23(28-22)19(4)24-6-2/h12-13,20-21,24,26H,3-11,14-17H2,1-2H3/t20-,21+/m1/s1. The molecule has 1 saturated heterocycles. The summed E-state index contributed by atoms with van der Waals surface area (Å²) in [5.74, 6) is 0. The molecule has 2 heterocycles. The second-order valence-corrected chi connectivity index (χ2v) is 8.85. The van der Waals surface area contributed by atoms with Crippen LogP contribution < -0.4 is 5.32 Å². The first-order valence-corrected chi connectivity index (χ1v) is 11.6. The van der Waals surface area contributed by atoms with Gasteiger partial charge in [-0.1, -0.05) is 39.3 Å². The van der Waals surface area contributed by atoms with Crippen molar-refractivity contribution >= 4 is 17.0 Å². The fourth-order valence-corrected chi connectivity index (χ4v) is 4.57. The Morgan fingerprint density at radius 3 is 2.93 bits per heavy atom. The highest BCUT2D eigenvalue weighted by atomic mass is 32.1. The van der Waals surface area contributed by atoms with Crippen LogP contribution in [0.15, 0.2) is 31.0 Å². The number of allylic oxidation sites excluding steroid dienone is 1. The molecule has 0 bridgehead atoms. The SMILES string of the molecule is C=C(NCC)c1ccc(COC[C@H]2CCC(=C)N2CC[C@@H](O)CCCCC)s1. The van der Waals surface area contributed by atoms with E-state index in [2.05, 4.69) is 49.4 Å². The molecule has 0 aromatic carbocycles. The predicted octanol–water partition coefficient (Wildman–Crippen LogP) is 5.15. The summed E-state index contributed by atoms with van der Waals surface area (Å²) in [5.41, 5.74) is 2.17. The smallest absolute Gasteiger partial charge is 0.0810 e. The van der Waals surface area contributed by atoms with Gasteiger partial charge in [-0.3, -0.25) is 0 Å². The molecule has 2 atom stereocenters. The Balaban J connectivity index is 1.73. The Kier molecular flexibility index (Phi) is 10.1. The predicted molar refractivity (Wildman–Crippen MR) is 120 cm³/mol. The van der Waals surface area contributed by atoms with Gasteiger partial charge in [0.05, 0.1) is 25.4 Å². The Morgan fingerprint density at radius 1 is 1.36 bits per heavy atom. The van der Waals surface area contributed by atoms with Crippen LogP contribution in [0.25, 0.3) is 5.70 Å². The number of rotatable bonds is 14. The molecule has 5 heteroatoms. The van der Waals surface area contributed by atoms with E-state index >= 15 is 0 Å². The molecule has 2 rings (SSSR count). The number of likely N-dealkylation sites (tertiary alicyclic amines) is 1. The van der Waals surface area contributed by atoms with E-state index in [9.17, 15) is 5.11 Å². The quantitative estimate of drug-likeness (QED) is 0.419. The molecular formula is C23H38N2O2S. The van der Waals surface area contributed by atoms with Gasteiger partial charge < -0.3 is 20.1 Å². The van der Waals surface area contributed by atoms with Gasteiger partial charge in [-0.25, -0.2) is 0 Å². The summed E-state index contributed by atoms with van der Waals surface area (Å²) in [7, 11) is 0. The third-order valence-electron chi connectivity index (χ3n) is 5.36. The van der Waals surface area contributed by atoms with Crippen LogP contribution in [0.5, 0.6) is 0 Å². The zero-order valence-electron chi connectivity index (χ0n) is 17.7. The molecule has 0 spiro atoms. The van der Waals surface area contributed by atoms with Gasteiger partial charge in [0.1, 0.15) is 0 Å². The number of aliphatic hydroxyl groups is 1. The van der Waals surface area contributed by atoms with E-state index in [1.807, 2.05) is 0 Å². The zero-order valence-corrected chi connectivity index (χ0v) is 18.5. The molecule has 0 aliphatic carbocycles. The molecular weight excluding hydrogens is 368 g/mol. The summed E-state index contributed by atoms with van der Waals surface area (Å²) in [4.78, 5) is 4.76.